The van der Waals surface area contributed by atoms with Crippen molar-refractivity contribution in [1.82, 2.24) is 0 Å². The third-order valence-electron chi connectivity index (χ3n) is 7.71. The van der Waals surface area contributed by atoms with Gasteiger partial charge in [-0.3, -0.25) is 9.59 Å². The summed E-state index contributed by atoms with van der Waals surface area (Å²) in [5.41, 5.74) is -1.37. The van der Waals surface area contributed by atoms with Crippen LogP contribution in [0.2, 0.25) is 0 Å². The molecule has 0 radical (unpaired) electrons. The molecule has 0 amide bonds. The van der Waals surface area contributed by atoms with Crippen LogP contribution in [0.3, 0.4) is 0 Å². The number of ketones is 1. The average molecular weight is 350 g/mol. The third-order valence-corrected chi connectivity index (χ3v) is 7.71. The average Bonchev–Trinajstić information content (AvgIpc) is 2.78. The maximum absolute atomic E-state index is 13.2. The minimum atomic E-state index is -1.15. The van der Waals surface area contributed by atoms with Gasteiger partial charge in [0.2, 0.25) is 0 Å². The number of esters is 1. The number of carbonyl (C=O) groups is 2. The summed E-state index contributed by atoms with van der Waals surface area (Å²) in [5, 5.41) is 32.4. The van der Waals surface area contributed by atoms with Gasteiger partial charge in [-0.05, 0) is 18.4 Å². The van der Waals surface area contributed by atoms with E-state index in [1.165, 1.54) is 0 Å². The van der Waals surface area contributed by atoms with Gasteiger partial charge >= 0.3 is 5.97 Å². The third kappa shape index (κ3) is 1.76. The zero-order valence-electron chi connectivity index (χ0n) is 15.0. The molecule has 0 spiro atoms. The lowest BCUT2D eigenvalue weighted by Gasteiger charge is -2.61. The molecule has 0 aromatic rings. The highest BCUT2D eigenvalue weighted by molar-refractivity contribution is 6.01. The van der Waals surface area contributed by atoms with E-state index in [4.69, 9.17) is 4.74 Å². The van der Waals surface area contributed by atoms with Crippen molar-refractivity contribution in [1.29, 1.82) is 0 Å². The van der Waals surface area contributed by atoms with Crippen LogP contribution in [-0.4, -0.2) is 51.5 Å². The molecule has 2 bridgehead atoms. The number of hydrogen-bond acceptors (Lipinski definition) is 6. The van der Waals surface area contributed by atoms with Crippen LogP contribution in [0.4, 0.5) is 0 Å². The molecular formula is C19H26O6. The highest BCUT2D eigenvalue weighted by Gasteiger charge is 2.73. The Balaban J connectivity index is 1.97. The largest absolute Gasteiger partial charge is 0.459 e. The van der Waals surface area contributed by atoms with Crippen LogP contribution in [0.15, 0.2) is 11.6 Å². The lowest BCUT2D eigenvalue weighted by atomic mass is 9.42. The van der Waals surface area contributed by atoms with Crippen molar-refractivity contribution in [3.05, 3.63) is 11.6 Å². The molecule has 1 aliphatic heterocycles. The summed E-state index contributed by atoms with van der Waals surface area (Å²) >= 11 is 0. The Hall–Kier alpha value is -1.24. The van der Waals surface area contributed by atoms with Crippen LogP contribution in [-0.2, 0) is 14.3 Å². The maximum Gasteiger partial charge on any atom is 0.310 e. The first-order valence-electron chi connectivity index (χ1n) is 9.07. The van der Waals surface area contributed by atoms with Crippen molar-refractivity contribution in [3.63, 3.8) is 0 Å². The molecule has 2 saturated carbocycles. The van der Waals surface area contributed by atoms with Gasteiger partial charge in [-0.1, -0.05) is 33.3 Å². The normalized spacial score (nSPS) is 57.5. The Morgan fingerprint density at radius 1 is 1.12 bits per heavy atom. The second-order valence-electron chi connectivity index (χ2n) is 8.88. The zero-order valence-corrected chi connectivity index (χ0v) is 15.0. The molecule has 3 aliphatic carbocycles. The summed E-state index contributed by atoms with van der Waals surface area (Å²) in [6.07, 6.45) is -1.86. The Kier molecular flexibility index (Phi) is 3.39. The summed E-state index contributed by atoms with van der Waals surface area (Å²) in [5.74, 6) is -2.32. The van der Waals surface area contributed by atoms with E-state index < -0.39 is 53.1 Å². The van der Waals surface area contributed by atoms with Crippen LogP contribution >= 0.6 is 0 Å². The molecule has 138 valence electrons. The van der Waals surface area contributed by atoms with Crippen molar-refractivity contribution in [2.75, 3.05) is 0 Å². The second-order valence-corrected chi connectivity index (χ2v) is 8.88. The van der Waals surface area contributed by atoms with E-state index in [9.17, 15) is 24.9 Å². The Morgan fingerprint density at radius 2 is 1.76 bits per heavy atom. The van der Waals surface area contributed by atoms with Gasteiger partial charge in [0.1, 0.15) is 6.10 Å². The van der Waals surface area contributed by atoms with E-state index in [0.717, 1.165) is 5.57 Å². The van der Waals surface area contributed by atoms with Gasteiger partial charge in [0.15, 0.2) is 5.78 Å². The summed E-state index contributed by atoms with van der Waals surface area (Å²) in [6, 6.07) is 0. The van der Waals surface area contributed by atoms with Crippen molar-refractivity contribution < 1.29 is 29.6 Å². The van der Waals surface area contributed by atoms with E-state index in [1.54, 1.807) is 19.9 Å². The van der Waals surface area contributed by atoms with Gasteiger partial charge in [-0.2, -0.15) is 0 Å². The predicted molar refractivity (Wildman–Crippen MR) is 87.1 cm³/mol. The van der Waals surface area contributed by atoms with E-state index in [1.807, 2.05) is 13.8 Å². The standard InChI is InChI=1S/C19H26O6/c1-7-5-10(20)16(23)18(3)9(7)6-11(21)19(4)12-8(2)14(25-17(12)24)13(22)15(18)19/h6-8,10,12-16,20,22-23H,5H2,1-4H3/t7-,8-,10+,12-,13+,14-,15?,16-,18+,19+/m1/s1. The lowest BCUT2D eigenvalue weighted by molar-refractivity contribution is -0.195. The molecule has 6 nitrogen and oxygen atoms in total. The summed E-state index contributed by atoms with van der Waals surface area (Å²) in [4.78, 5) is 25.6. The van der Waals surface area contributed by atoms with E-state index in [2.05, 4.69) is 0 Å². The number of fused-ring (bicyclic) bond motifs is 6. The molecule has 4 rings (SSSR count). The number of hydrogen-bond donors (Lipinski definition) is 3. The van der Waals surface area contributed by atoms with E-state index >= 15 is 0 Å². The first kappa shape index (κ1) is 17.2. The first-order valence-corrected chi connectivity index (χ1v) is 9.07. The molecule has 1 heterocycles. The molecule has 6 heteroatoms. The van der Waals surface area contributed by atoms with Crippen molar-refractivity contribution in [2.45, 2.75) is 58.5 Å². The molecule has 1 saturated heterocycles. The molecule has 10 atom stereocenters. The fraction of sp³-hybridized carbons (Fsp3) is 0.789. The van der Waals surface area contributed by atoms with Gasteiger partial charge in [-0.15, -0.1) is 0 Å². The Labute approximate surface area is 146 Å². The topological polar surface area (TPSA) is 104 Å². The van der Waals surface area contributed by atoms with Gasteiger partial charge in [-0.25, -0.2) is 0 Å². The van der Waals surface area contributed by atoms with Crippen LogP contribution in [0, 0.1) is 34.5 Å². The van der Waals surface area contributed by atoms with E-state index in [-0.39, 0.29) is 17.6 Å². The number of rotatable bonds is 0. The Bertz CT molecular complexity index is 685. The lowest BCUT2D eigenvalue weighted by Crippen LogP contribution is -2.68. The highest BCUT2D eigenvalue weighted by Crippen LogP contribution is 2.65. The van der Waals surface area contributed by atoms with Crippen LogP contribution in [0.1, 0.15) is 34.1 Å². The minimum Gasteiger partial charge on any atom is -0.459 e. The van der Waals surface area contributed by atoms with Gasteiger partial charge in [0.05, 0.1) is 29.6 Å². The minimum absolute atomic E-state index is 0.0854. The Morgan fingerprint density at radius 3 is 2.40 bits per heavy atom. The molecule has 4 aliphatic rings. The number of aliphatic hydroxyl groups is 3. The SMILES string of the molecule is C[C@H]1[C@H]2OC(=O)[C@@H]1[C@]1(C)C(=O)C=C3[C@H](C)C[C@H](O)[C@@H](O)[C@]3(C)C1[C@H]2O. The second kappa shape index (κ2) is 4.93. The van der Waals surface area contributed by atoms with Crippen LogP contribution in [0.25, 0.3) is 0 Å². The molecular weight excluding hydrogens is 324 g/mol. The fourth-order valence-electron chi connectivity index (χ4n) is 6.59. The predicted octanol–water partition coefficient (Wildman–Crippen LogP) is 0.438. The fourth-order valence-corrected chi connectivity index (χ4v) is 6.59. The first-order chi connectivity index (χ1) is 11.6. The monoisotopic (exact) mass is 350 g/mol. The van der Waals surface area contributed by atoms with Crippen molar-refractivity contribution in [3.8, 4) is 0 Å². The molecule has 1 unspecified atom stereocenters. The summed E-state index contributed by atoms with van der Waals surface area (Å²) in [6.45, 7) is 7.27. The maximum atomic E-state index is 13.2. The zero-order chi connectivity index (χ0) is 18.5. The molecule has 0 aromatic heterocycles. The molecule has 0 aromatic carbocycles. The molecule has 3 N–H and O–H groups in total. The molecule has 25 heavy (non-hydrogen) atoms. The van der Waals surface area contributed by atoms with Crippen LogP contribution < -0.4 is 0 Å². The highest BCUT2D eigenvalue weighted by atomic mass is 16.6. The number of ether oxygens (including phenoxy) is 1. The summed E-state index contributed by atoms with van der Waals surface area (Å²) in [7, 11) is 0. The van der Waals surface area contributed by atoms with Crippen molar-refractivity contribution >= 4 is 11.8 Å². The number of aliphatic hydroxyl groups excluding tert-OH is 3. The quantitative estimate of drug-likeness (QED) is 0.548. The van der Waals surface area contributed by atoms with Gasteiger partial charge < -0.3 is 20.1 Å². The number of carbonyl (C=O) groups excluding carboxylic acids is 2. The number of allylic oxidation sites excluding steroid dienone is 1. The van der Waals surface area contributed by atoms with Gasteiger partial charge in [0.25, 0.3) is 0 Å². The van der Waals surface area contributed by atoms with Crippen molar-refractivity contribution in [2.24, 2.45) is 34.5 Å². The summed E-state index contributed by atoms with van der Waals surface area (Å²) < 4.78 is 5.42. The van der Waals surface area contributed by atoms with Crippen LogP contribution in [0.5, 0.6) is 0 Å². The smallest absolute Gasteiger partial charge is 0.310 e. The van der Waals surface area contributed by atoms with E-state index in [0.29, 0.717) is 6.42 Å². The van der Waals surface area contributed by atoms with Gasteiger partial charge in [0, 0.05) is 17.3 Å². The molecule has 3 fully saturated rings.